The van der Waals surface area contributed by atoms with Crippen LogP contribution in [0.25, 0.3) is 0 Å². The molecule has 0 atom stereocenters. The quantitative estimate of drug-likeness (QED) is 0.696. The maximum Gasteiger partial charge on any atom is 0.270 e. The first-order valence-corrected chi connectivity index (χ1v) is 9.08. The third-order valence-corrected chi connectivity index (χ3v) is 4.29. The molecule has 0 aliphatic heterocycles. The molecule has 0 fully saturated rings. The third kappa shape index (κ3) is 5.14. The summed E-state index contributed by atoms with van der Waals surface area (Å²) in [4.78, 5) is 23.2. The van der Waals surface area contributed by atoms with E-state index in [0.29, 0.717) is 12.2 Å². The van der Waals surface area contributed by atoms with Gasteiger partial charge in [0.25, 0.3) is 5.91 Å². The van der Waals surface area contributed by atoms with Crippen molar-refractivity contribution in [3.05, 3.63) is 89.9 Å². The number of carbonyl (C=O) groups is 1. The number of nitrogens with zero attached hydrogens (tertiary/aromatic N) is 3. The van der Waals surface area contributed by atoms with Gasteiger partial charge in [-0.3, -0.25) is 4.79 Å². The highest BCUT2D eigenvalue weighted by molar-refractivity contribution is 5.92. The van der Waals surface area contributed by atoms with Gasteiger partial charge in [0.15, 0.2) is 0 Å². The van der Waals surface area contributed by atoms with Gasteiger partial charge in [0, 0.05) is 25.2 Å². The molecule has 1 aromatic heterocycles. The smallest absolute Gasteiger partial charge is 0.270 e. The lowest BCUT2D eigenvalue weighted by atomic mass is 10.2. The number of nitrogens with one attached hydrogen (secondary N) is 1. The Morgan fingerprint density at radius 1 is 0.963 bits per heavy atom. The fraction of sp³-hybridized carbons (Fsp3) is 0.227. The lowest BCUT2D eigenvalue weighted by Crippen LogP contribution is -2.31. The Kier molecular flexibility index (Phi) is 6.15. The van der Waals surface area contributed by atoms with Crippen molar-refractivity contribution in [1.29, 1.82) is 0 Å². The van der Waals surface area contributed by atoms with Crippen LogP contribution < -0.4 is 10.2 Å². The molecule has 0 aliphatic carbocycles. The van der Waals surface area contributed by atoms with E-state index < -0.39 is 0 Å². The molecule has 1 amide bonds. The van der Waals surface area contributed by atoms with Gasteiger partial charge in [-0.05, 0) is 25.0 Å². The highest BCUT2D eigenvalue weighted by Gasteiger charge is 2.16. The molecule has 0 radical (unpaired) electrons. The summed E-state index contributed by atoms with van der Waals surface area (Å²) >= 11 is 0. The summed E-state index contributed by atoms with van der Waals surface area (Å²) in [6, 6.07) is 22.0. The van der Waals surface area contributed by atoms with Gasteiger partial charge >= 0.3 is 0 Å². The Balaban J connectivity index is 1.73. The van der Waals surface area contributed by atoms with Gasteiger partial charge in [0.2, 0.25) is 0 Å². The van der Waals surface area contributed by atoms with Crippen molar-refractivity contribution in [3.63, 3.8) is 0 Å². The Hall–Kier alpha value is -3.21. The Labute approximate surface area is 160 Å². The van der Waals surface area contributed by atoms with E-state index in [1.54, 1.807) is 6.07 Å². The maximum atomic E-state index is 12.5. The minimum atomic E-state index is -0.203. The first kappa shape index (κ1) is 18.6. The van der Waals surface area contributed by atoms with Crippen LogP contribution in [0.2, 0.25) is 0 Å². The second-order valence-corrected chi connectivity index (χ2v) is 6.64. The molecule has 2 aromatic carbocycles. The number of aromatic nitrogens is 2. The largest absolute Gasteiger partial charge is 0.350 e. The molecule has 1 heterocycles. The van der Waals surface area contributed by atoms with Crippen LogP contribution in [-0.4, -0.2) is 21.9 Å². The van der Waals surface area contributed by atoms with Gasteiger partial charge in [0.05, 0.1) is 0 Å². The summed E-state index contributed by atoms with van der Waals surface area (Å²) in [7, 11) is 0. The van der Waals surface area contributed by atoms with E-state index in [9.17, 15) is 4.79 Å². The molecular weight excluding hydrogens is 336 g/mol. The molecule has 0 saturated carbocycles. The molecule has 1 N–H and O–H groups in total. The third-order valence-electron chi connectivity index (χ3n) is 4.29. The number of hydrogen-bond acceptors (Lipinski definition) is 4. The minimum Gasteiger partial charge on any atom is -0.350 e. The minimum absolute atomic E-state index is 0.203. The predicted octanol–water partition coefficient (Wildman–Crippen LogP) is 3.82. The lowest BCUT2D eigenvalue weighted by molar-refractivity contribution is 0.0945. The van der Waals surface area contributed by atoms with Crippen molar-refractivity contribution in [3.8, 4) is 0 Å². The molecule has 27 heavy (non-hydrogen) atoms. The van der Waals surface area contributed by atoms with Gasteiger partial charge in [-0.25, -0.2) is 9.97 Å². The second kappa shape index (κ2) is 8.94. The maximum absolute atomic E-state index is 12.5. The van der Waals surface area contributed by atoms with Crippen LogP contribution in [0.3, 0.4) is 0 Å². The standard InChI is InChI=1S/C22H24N4O/c1-17(2)26(15-19-11-7-4-8-12-19)21-13-20(24-16-25-21)22(27)23-14-18-9-5-3-6-10-18/h3-13,16-17H,14-15H2,1-2H3,(H,23,27). The van der Waals surface area contributed by atoms with Crippen LogP contribution in [0.15, 0.2) is 73.1 Å². The number of anilines is 1. The summed E-state index contributed by atoms with van der Waals surface area (Å²) in [6.07, 6.45) is 1.45. The number of carbonyl (C=O) groups excluding carboxylic acids is 1. The van der Waals surface area contributed by atoms with Crippen molar-refractivity contribution < 1.29 is 4.79 Å². The average Bonchev–Trinajstić information content (AvgIpc) is 2.71. The topological polar surface area (TPSA) is 58.1 Å². The van der Waals surface area contributed by atoms with Crippen LogP contribution >= 0.6 is 0 Å². The zero-order valence-electron chi connectivity index (χ0n) is 15.7. The molecule has 0 spiro atoms. The second-order valence-electron chi connectivity index (χ2n) is 6.64. The first-order chi connectivity index (χ1) is 13.1. The van der Waals surface area contributed by atoms with Crippen LogP contribution in [0.4, 0.5) is 5.82 Å². The van der Waals surface area contributed by atoms with Crippen molar-refractivity contribution in [1.82, 2.24) is 15.3 Å². The van der Waals surface area contributed by atoms with Crippen molar-refractivity contribution in [2.75, 3.05) is 4.90 Å². The Morgan fingerprint density at radius 2 is 1.59 bits per heavy atom. The Bertz CT molecular complexity index is 866. The van der Waals surface area contributed by atoms with Crippen molar-refractivity contribution in [2.24, 2.45) is 0 Å². The summed E-state index contributed by atoms with van der Waals surface area (Å²) in [5.74, 6) is 0.541. The summed E-state index contributed by atoms with van der Waals surface area (Å²) in [5.41, 5.74) is 2.61. The number of benzene rings is 2. The fourth-order valence-electron chi connectivity index (χ4n) is 2.81. The van der Waals surface area contributed by atoms with E-state index in [2.05, 4.69) is 46.2 Å². The molecule has 0 unspecified atom stereocenters. The molecule has 0 aliphatic rings. The predicted molar refractivity (Wildman–Crippen MR) is 107 cm³/mol. The summed E-state index contributed by atoms with van der Waals surface area (Å²) in [6.45, 7) is 5.41. The van der Waals surface area contributed by atoms with Gasteiger partial charge in [-0.2, -0.15) is 0 Å². The SMILES string of the molecule is CC(C)N(Cc1ccccc1)c1cc(C(=O)NCc2ccccc2)ncn1. The monoisotopic (exact) mass is 360 g/mol. The highest BCUT2D eigenvalue weighted by Crippen LogP contribution is 2.18. The van der Waals surface area contributed by atoms with Crippen LogP contribution in [0.5, 0.6) is 0 Å². The van der Waals surface area contributed by atoms with E-state index in [4.69, 9.17) is 0 Å². The van der Waals surface area contributed by atoms with Gasteiger partial charge in [0.1, 0.15) is 17.8 Å². The van der Waals surface area contributed by atoms with E-state index in [1.807, 2.05) is 48.5 Å². The summed E-state index contributed by atoms with van der Waals surface area (Å²) < 4.78 is 0. The Morgan fingerprint density at radius 3 is 2.22 bits per heavy atom. The number of rotatable bonds is 7. The molecule has 0 bridgehead atoms. The van der Waals surface area contributed by atoms with E-state index >= 15 is 0 Å². The van der Waals surface area contributed by atoms with Crippen molar-refractivity contribution in [2.45, 2.75) is 33.0 Å². The first-order valence-electron chi connectivity index (χ1n) is 9.08. The highest BCUT2D eigenvalue weighted by atomic mass is 16.1. The van der Waals surface area contributed by atoms with E-state index in [0.717, 1.165) is 17.9 Å². The summed E-state index contributed by atoms with van der Waals surface area (Å²) in [5, 5.41) is 2.91. The number of amides is 1. The molecule has 5 heteroatoms. The average molecular weight is 360 g/mol. The van der Waals surface area contributed by atoms with Crippen LogP contribution in [0, 0.1) is 0 Å². The zero-order valence-corrected chi connectivity index (χ0v) is 15.7. The van der Waals surface area contributed by atoms with E-state index in [1.165, 1.54) is 11.9 Å². The normalized spacial score (nSPS) is 10.6. The van der Waals surface area contributed by atoms with Crippen LogP contribution in [0.1, 0.15) is 35.5 Å². The van der Waals surface area contributed by atoms with Gasteiger partial charge in [-0.15, -0.1) is 0 Å². The van der Waals surface area contributed by atoms with Gasteiger partial charge < -0.3 is 10.2 Å². The lowest BCUT2D eigenvalue weighted by Gasteiger charge is -2.28. The van der Waals surface area contributed by atoms with Crippen molar-refractivity contribution >= 4 is 11.7 Å². The zero-order chi connectivity index (χ0) is 19.1. The number of hydrogen-bond donors (Lipinski definition) is 1. The molecule has 0 saturated heterocycles. The molecule has 3 rings (SSSR count). The van der Waals surface area contributed by atoms with E-state index in [-0.39, 0.29) is 11.9 Å². The molecule has 3 aromatic rings. The molecular formula is C22H24N4O. The molecule has 5 nitrogen and oxygen atoms in total. The van der Waals surface area contributed by atoms with Crippen LogP contribution in [-0.2, 0) is 13.1 Å². The fourth-order valence-corrected chi connectivity index (χ4v) is 2.81. The van der Waals surface area contributed by atoms with Gasteiger partial charge in [-0.1, -0.05) is 60.7 Å². The molecule has 138 valence electrons.